The number of aromatic hydroxyl groups is 1. The molecule has 1 aromatic carbocycles. The van der Waals surface area contributed by atoms with Gasteiger partial charge in [-0.3, -0.25) is 4.99 Å². The predicted octanol–water partition coefficient (Wildman–Crippen LogP) is 2.03. The molecule has 0 bridgehead atoms. The third kappa shape index (κ3) is 6.13. The molecule has 0 spiro atoms. The Labute approximate surface area is 132 Å². The maximum atomic E-state index is 12.1. The monoisotopic (exact) mass is 335 g/mol. The van der Waals surface area contributed by atoms with Crippen molar-refractivity contribution in [1.82, 2.24) is 10.6 Å². The van der Waals surface area contributed by atoms with Gasteiger partial charge in [-0.1, -0.05) is 0 Å². The molecule has 0 unspecified atom stereocenters. The molecule has 6 nitrogen and oxygen atoms in total. The molecular formula is C14H20F3N3O3. The highest BCUT2D eigenvalue weighted by Crippen LogP contribution is 2.36. The normalized spacial score (nSPS) is 12.0. The lowest BCUT2D eigenvalue weighted by Gasteiger charge is -2.15. The van der Waals surface area contributed by atoms with E-state index >= 15 is 0 Å². The Morgan fingerprint density at radius 2 is 1.74 bits per heavy atom. The van der Waals surface area contributed by atoms with Crippen LogP contribution in [-0.2, 0) is 6.54 Å². The number of ether oxygens (including phenoxy) is 2. The zero-order chi connectivity index (χ0) is 17.5. The van der Waals surface area contributed by atoms with E-state index in [4.69, 9.17) is 9.47 Å². The number of hydrogen-bond acceptors (Lipinski definition) is 4. The van der Waals surface area contributed by atoms with Crippen molar-refractivity contribution >= 4 is 5.96 Å². The molecule has 0 aliphatic heterocycles. The van der Waals surface area contributed by atoms with Gasteiger partial charge in [-0.05, 0) is 17.7 Å². The van der Waals surface area contributed by atoms with Crippen molar-refractivity contribution < 1.29 is 27.8 Å². The van der Waals surface area contributed by atoms with E-state index in [2.05, 4.69) is 15.6 Å². The average molecular weight is 335 g/mol. The van der Waals surface area contributed by atoms with Gasteiger partial charge in [0.25, 0.3) is 0 Å². The molecule has 0 aliphatic rings. The Hall–Kier alpha value is -2.32. The number of alkyl halides is 3. The summed E-state index contributed by atoms with van der Waals surface area (Å²) in [6.07, 6.45) is -5.17. The first-order valence-electron chi connectivity index (χ1n) is 6.76. The molecule has 9 heteroatoms. The van der Waals surface area contributed by atoms with Gasteiger partial charge in [0.2, 0.25) is 5.75 Å². The third-order valence-corrected chi connectivity index (χ3v) is 2.92. The van der Waals surface area contributed by atoms with Crippen LogP contribution in [0.1, 0.15) is 12.0 Å². The smallest absolute Gasteiger partial charge is 0.390 e. The van der Waals surface area contributed by atoms with E-state index in [1.807, 2.05) is 0 Å². The van der Waals surface area contributed by atoms with Gasteiger partial charge in [0.05, 0.1) is 20.6 Å². The first-order valence-corrected chi connectivity index (χ1v) is 6.76. The van der Waals surface area contributed by atoms with Gasteiger partial charge in [0.1, 0.15) is 0 Å². The van der Waals surface area contributed by atoms with Gasteiger partial charge in [-0.25, -0.2) is 0 Å². The van der Waals surface area contributed by atoms with Gasteiger partial charge >= 0.3 is 6.18 Å². The molecule has 23 heavy (non-hydrogen) atoms. The number of aliphatic imine (C=N–C) groups is 1. The number of methoxy groups -OCH3 is 2. The number of phenols is 1. The van der Waals surface area contributed by atoms with Crippen molar-refractivity contribution in [1.29, 1.82) is 0 Å². The predicted molar refractivity (Wildman–Crippen MR) is 80.1 cm³/mol. The highest BCUT2D eigenvalue weighted by molar-refractivity contribution is 5.79. The number of guanidine groups is 1. The zero-order valence-electron chi connectivity index (χ0n) is 13.1. The van der Waals surface area contributed by atoms with E-state index < -0.39 is 12.6 Å². The minimum Gasteiger partial charge on any atom is -0.502 e. The summed E-state index contributed by atoms with van der Waals surface area (Å²) in [6, 6.07) is 3.18. The summed E-state index contributed by atoms with van der Waals surface area (Å²) in [6.45, 7) is -0.00984. The topological polar surface area (TPSA) is 75.1 Å². The van der Waals surface area contributed by atoms with Crippen molar-refractivity contribution in [2.45, 2.75) is 19.1 Å². The second kappa shape index (κ2) is 8.35. The molecule has 0 atom stereocenters. The summed E-state index contributed by atoms with van der Waals surface area (Å²) in [7, 11) is 4.27. The largest absolute Gasteiger partial charge is 0.502 e. The van der Waals surface area contributed by atoms with Gasteiger partial charge in [0, 0.05) is 20.1 Å². The van der Waals surface area contributed by atoms with E-state index in [-0.39, 0.29) is 36.3 Å². The Bertz CT molecular complexity index is 523. The molecule has 0 fully saturated rings. The maximum Gasteiger partial charge on any atom is 0.390 e. The summed E-state index contributed by atoms with van der Waals surface area (Å²) in [5, 5.41) is 15.3. The molecule has 0 radical (unpaired) electrons. The van der Waals surface area contributed by atoms with Crippen LogP contribution in [0.5, 0.6) is 17.2 Å². The fraction of sp³-hybridized carbons (Fsp3) is 0.500. The molecule has 130 valence electrons. The zero-order valence-corrected chi connectivity index (χ0v) is 13.1. The number of phenolic OH excluding ortho intramolecular Hbond substituents is 1. The Kier molecular flexibility index (Phi) is 6.80. The van der Waals surface area contributed by atoms with Crippen LogP contribution in [0.2, 0.25) is 0 Å². The van der Waals surface area contributed by atoms with Gasteiger partial charge in [-0.15, -0.1) is 0 Å². The highest BCUT2D eigenvalue weighted by Gasteiger charge is 2.26. The van der Waals surface area contributed by atoms with Crippen LogP contribution in [0.4, 0.5) is 13.2 Å². The molecule has 0 heterocycles. The van der Waals surface area contributed by atoms with E-state index in [9.17, 15) is 18.3 Å². The van der Waals surface area contributed by atoms with Crippen molar-refractivity contribution in [3.05, 3.63) is 17.7 Å². The van der Waals surface area contributed by atoms with Crippen LogP contribution in [0, 0.1) is 0 Å². The van der Waals surface area contributed by atoms with Gasteiger partial charge < -0.3 is 25.2 Å². The maximum absolute atomic E-state index is 12.1. The fourth-order valence-corrected chi connectivity index (χ4v) is 1.78. The second-order valence-electron chi connectivity index (χ2n) is 4.57. The summed E-state index contributed by atoms with van der Waals surface area (Å²) in [5.41, 5.74) is 0.704. The molecule has 3 N–H and O–H groups in total. The van der Waals surface area contributed by atoms with Crippen molar-refractivity contribution in [2.75, 3.05) is 27.8 Å². The van der Waals surface area contributed by atoms with E-state index in [0.29, 0.717) is 5.56 Å². The number of benzene rings is 1. The summed E-state index contributed by atoms with van der Waals surface area (Å²) in [4.78, 5) is 3.84. The molecule has 0 amide bonds. The third-order valence-electron chi connectivity index (χ3n) is 2.92. The fourth-order valence-electron chi connectivity index (χ4n) is 1.78. The van der Waals surface area contributed by atoms with Crippen LogP contribution < -0.4 is 20.1 Å². The summed E-state index contributed by atoms with van der Waals surface area (Å²) >= 11 is 0. The lowest BCUT2D eigenvalue weighted by molar-refractivity contribution is -0.132. The molecule has 0 aromatic heterocycles. The second-order valence-corrected chi connectivity index (χ2v) is 4.57. The summed E-state index contributed by atoms with van der Waals surface area (Å²) < 4.78 is 46.4. The number of nitrogens with one attached hydrogen (secondary N) is 2. The molecule has 0 saturated heterocycles. The van der Waals surface area contributed by atoms with Crippen LogP contribution in [-0.4, -0.2) is 45.1 Å². The minimum atomic E-state index is -4.22. The molecule has 0 aliphatic carbocycles. The number of rotatable bonds is 6. The van der Waals surface area contributed by atoms with Crippen LogP contribution >= 0.6 is 0 Å². The lowest BCUT2D eigenvalue weighted by Crippen LogP contribution is -2.38. The van der Waals surface area contributed by atoms with Crippen LogP contribution in [0.3, 0.4) is 0 Å². The molecule has 1 rings (SSSR count). The SMILES string of the molecule is CN=C(NCCC(F)(F)F)NCc1cc(OC)c(O)c(OC)c1. The average Bonchev–Trinajstić information content (AvgIpc) is 2.50. The van der Waals surface area contributed by atoms with E-state index in [0.717, 1.165) is 0 Å². The van der Waals surface area contributed by atoms with Crippen molar-refractivity contribution in [3.8, 4) is 17.2 Å². The Morgan fingerprint density at radius 1 is 1.17 bits per heavy atom. The quantitative estimate of drug-likeness (QED) is 0.548. The van der Waals surface area contributed by atoms with Crippen molar-refractivity contribution in [3.63, 3.8) is 0 Å². The summed E-state index contributed by atoms with van der Waals surface area (Å²) in [5.74, 6) is 0.592. The minimum absolute atomic E-state index is 0.119. The van der Waals surface area contributed by atoms with Gasteiger partial charge in [0.15, 0.2) is 17.5 Å². The highest BCUT2D eigenvalue weighted by atomic mass is 19.4. The number of nitrogens with zero attached hydrogens (tertiary/aromatic N) is 1. The lowest BCUT2D eigenvalue weighted by atomic mass is 10.2. The first-order chi connectivity index (χ1) is 10.8. The Morgan fingerprint density at radius 3 is 2.17 bits per heavy atom. The molecule has 0 saturated carbocycles. The standard InChI is InChI=1S/C14H20F3N3O3/c1-18-13(19-5-4-14(15,16)17)20-8-9-6-10(22-2)12(21)11(7-9)23-3/h6-7,21H,4-5,8H2,1-3H3,(H2,18,19,20). The van der Waals surface area contributed by atoms with Crippen LogP contribution in [0.25, 0.3) is 0 Å². The van der Waals surface area contributed by atoms with Crippen molar-refractivity contribution in [2.24, 2.45) is 4.99 Å². The van der Waals surface area contributed by atoms with Gasteiger partial charge in [-0.2, -0.15) is 13.2 Å². The number of halogens is 3. The van der Waals surface area contributed by atoms with E-state index in [1.54, 1.807) is 12.1 Å². The van der Waals surface area contributed by atoms with E-state index in [1.165, 1.54) is 21.3 Å². The Balaban J connectivity index is 2.65. The molecule has 1 aromatic rings. The van der Waals surface area contributed by atoms with Crippen LogP contribution in [0.15, 0.2) is 17.1 Å². The first kappa shape index (κ1) is 18.7. The number of hydrogen-bond donors (Lipinski definition) is 3. The molecular weight excluding hydrogens is 315 g/mol.